The van der Waals surface area contributed by atoms with Gasteiger partial charge in [0.05, 0.1) is 0 Å². The molecule has 0 bridgehead atoms. The molecular formula is C25H20N4O3. The zero-order valence-corrected chi connectivity index (χ0v) is 17.3. The van der Waals surface area contributed by atoms with E-state index in [-0.39, 0.29) is 0 Å². The smallest absolute Gasteiger partial charge is 0.365 e. The molecule has 7 nitrogen and oxygen atoms in total. The Morgan fingerprint density at radius 1 is 0.875 bits per heavy atom. The molecule has 2 aliphatic rings. The van der Waals surface area contributed by atoms with Crippen LogP contribution < -0.4 is 4.90 Å². The molecule has 0 spiro atoms. The second kappa shape index (κ2) is 7.53. The zero-order valence-electron chi connectivity index (χ0n) is 17.3. The lowest BCUT2D eigenvalue weighted by Gasteiger charge is -2.33. The minimum atomic E-state index is -0.422. The van der Waals surface area contributed by atoms with Gasteiger partial charge in [-0.25, -0.2) is 9.79 Å². The van der Waals surface area contributed by atoms with Gasteiger partial charge in [0.2, 0.25) is 5.90 Å². The number of benzene rings is 3. The van der Waals surface area contributed by atoms with Gasteiger partial charge in [0.1, 0.15) is 5.52 Å². The van der Waals surface area contributed by atoms with Gasteiger partial charge in [0, 0.05) is 37.9 Å². The Kier molecular flexibility index (Phi) is 4.38. The molecule has 0 N–H and O–H groups in total. The number of carbonyl (C=O) groups is 1. The molecule has 0 amide bonds. The summed E-state index contributed by atoms with van der Waals surface area (Å²) in [5.41, 5.74) is 2.79. The molecule has 1 aromatic heterocycles. The molecule has 0 aliphatic carbocycles. The number of hydrogen-bond donors (Lipinski definition) is 0. The van der Waals surface area contributed by atoms with Gasteiger partial charge < -0.3 is 19.0 Å². The van der Waals surface area contributed by atoms with Crippen molar-refractivity contribution < 1.29 is 13.9 Å². The number of oxazole rings is 1. The summed E-state index contributed by atoms with van der Waals surface area (Å²) in [5.74, 6) is -0.0718. The van der Waals surface area contributed by atoms with E-state index in [0.717, 1.165) is 53.6 Å². The van der Waals surface area contributed by atoms with Gasteiger partial charge in [-0.15, -0.1) is 0 Å². The van der Waals surface area contributed by atoms with Crippen LogP contribution in [-0.4, -0.2) is 47.9 Å². The summed E-state index contributed by atoms with van der Waals surface area (Å²) in [7, 11) is 0. The largest absolute Gasteiger partial charge is 0.423 e. The van der Waals surface area contributed by atoms with Crippen LogP contribution >= 0.6 is 0 Å². The minimum absolute atomic E-state index is 0.322. The summed E-state index contributed by atoms with van der Waals surface area (Å²) in [4.78, 5) is 25.8. The van der Waals surface area contributed by atoms with Gasteiger partial charge in [-0.2, -0.15) is 4.98 Å². The molecule has 0 saturated carbocycles. The quantitative estimate of drug-likeness (QED) is 0.366. The van der Waals surface area contributed by atoms with Gasteiger partial charge in [-0.1, -0.05) is 48.5 Å². The molecule has 2 aliphatic heterocycles. The van der Waals surface area contributed by atoms with Gasteiger partial charge in [-0.05, 0) is 29.0 Å². The molecule has 0 radical (unpaired) electrons. The van der Waals surface area contributed by atoms with Crippen molar-refractivity contribution in [2.45, 2.75) is 0 Å². The molecule has 6 rings (SSSR count). The van der Waals surface area contributed by atoms with Crippen LogP contribution in [0.3, 0.4) is 0 Å². The molecule has 3 aromatic carbocycles. The van der Waals surface area contributed by atoms with Crippen molar-refractivity contribution in [3.63, 3.8) is 0 Å². The van der Waals surface area contributed by atoms with Crippen LogP contribution in [-0.2, 0) is 9.53 Å². The highest BCUT2D eigenvalue weighted by atomic mass is 16.6. The van der Waals surface area contributed by atoms with Crippen LogP contribution in [0.4, 0.5) is 6.01 Å². The molecule has 3 heterocycles. The third-order valence-electron chi connectivity index (χ3n) is 5.81. The normalized spacial score (nSPS) is 17.9. The third-order valence-corrected chi connectivity index (χ3v) is 5.81. The number of anilines is 1. The zero-order chi connectivity index (χ0) is 21.5. The van der Waals surface area contributed by atoms with E-state index >= 15 is 0 Å². The number of aliphatic imine (C=N–C) groups is 1. The van der Waals surface area contributed by atoms with Gasteiger partial charge in [-0.3, -0.25) is 0 Å². The SMILES string of the molecule is O=C1OC(c2cccc3ccccc23)=NC1=CN1CCN(c2nc3ccccc3o2)CC1. The molecule has 1 saturated heterocycles. The second-order valence-electron chi connectivity index (χ2n) is 7.83. The van der Waals surface area contributed by atoms with Crippen LogP contribution in [0.1, 0.15) is 5.56 Å². The molecule has 4 aromatic rings. The van der Waals surface area contributed by atoms with E-state index in [4.69, 9.17) is 9.15 Å². The van der Waals surface area contributed by atoms with E-state index in [2.05, 4.69) is 19.8 Å². The van der Waals surface area contributed by atoms with Crippen LogP contribution in [0.5, 0.6) is 0 Å². The summed E-state index contributed by atoms with van der Waals surface area (Å²) < 4.78 is 11.4. The second-order valence-corrected chi connectivity index (χ2v) is 7.83. The van der Waals surface area contributed by atoms with Crippen LogP contribution in [0.2, 0.25) is 0 Å². The van der Waals surface area contributed by atoms with Crippen LogP contribution in [0.15, 0.2) is 88.0 Å². The fourth-order valence-corrected chi connectivity index (χ4v) is 4.14. The topological polar surface area (TPSA) is 71.2 Å². The Morgan fingerprint density at radius 3 is 2.53 bits per heavy atom. The van der Waals surface area contributed by atoms with E-state index in [9.17, 15) is 4.79 Å². The highest BCUT2D eigenvalue weighted by molar-refractivity contribution is 6.16. The number of cyclic esters (lactones) is 1. The number of aromatic nitrogens is 1. The lowest BCUT2D eigenvalue weighted by atomic mass is 10.0. The van der Waals surface area contributed by atoms with Crippen molar-refractivity contribution in [2.75, 3.05) is 31.1 Å². The van der Waals surface area contributed by atoms with Crippen LogP contribution in [0, 0.1) is 0 Å². The number of esters is 1. The van der Waals surface area contributed by atoms with Gasteiger partial charge in [0.15, 0.2) is 11.3 Å². The average molecular weight is 424 g/mol. The molecule has 158 valence electrons. The summed E-state index contributed by atoms with van der Waals surface area (Å²) in [6.45, 7) is 2.94. The highest BCUT2D eigenvalue weighted by Gasteiger charge is 2.27. The van der Waals surface area contributed by atoms with Crippen molar-refractivity contribution in [3.05, 3.63) is 84.2 Å². The van der Waals surface area contributed by atoms with Crippen molar-refractivity contribution in [3.8, 4) is 0 Å². The van der Waals surface area contributed by atoms with E-state index in [1.807, 2.05) is 66.7 Å². The minimum Gasteiger partial charge on any atom is -0.423 e. The maximum Gasteiger partial charge on any atom is 0.365 e. The number of piperazine rings is 1. The summed E-state index contributed by atoms with van der Waals surface area (Å²) in [5, 5.41) is 2.09. The Bertz CT molecular complexity index is 1360. The number of fused-ring (bicyclic) bond motifs is 2. The van der Waals surface area contributed by atoms with Crippen molar-refractivity contribution in [1.82, 2.24) is 9.88 Å². The van der Waals surface area contributed by atoms with E-state index in [1.165, 1.54) is 0 Å². The molecule has 32 heavy (non-hydrogen) atoms. The number of hydrogen-bond acceptors (Lipinski definition) is 7. The Balaban J connectivity index is 1.20. The first-order valence-corrected chi connectivity index (χ1v) is 10.6. The number of ether oxygens (including phenoxy) is 1. The van der Waals surface area contributed by atoms with Crippen molar-refractivity contribution in [2.24, 2.45) is 4.99 Å². The number of carbonyl (C=O) groups excluding carboxylic acids is 1. The Hall–Kier alpha value is -4.13. The first-order valence-electron chi connectivity index (χ1n) is 10.6. The maximum atomic E-state index is 12.5. The lowest BCUT2D eigenvalue weighted by Crippen LogP contribution is -2.44. The molecule has 0 unspecified atom stereocenters. The fourth-order valence-electron chi connectivity index (χ4n) is 4.14. The first kappa shape index (κ1) is 18.6. The van der Waals surface area contributed by atoms with E-state index in [0.29, 0.717) is 17.6 Å². The van der Waals surface area contributed by atoms with E-state index < -0.39 is 5.97 Å². The number of nitrogens with zero attached hydrogens (tertiary/aromatic N) is 4. The molecule has 1 fully saturated rings. The Morgan fingerprint density at radius 2 is 1.66 bits per heavy atom. The highest BCUT2D eigenvalue weighted by Crippen LogP contribution is 2.25. The third kappa shape index (κ3) is 3.28. The lowest BCUT2D eigenvalue weighted by molar-refractivity contribution is -0.130. The first-order chi connectivity index (χ1) is 15.7. The van der Waals surface area contributed by atoms with Crippen molar-refractivity contribution in [1.29, 1.82) is 0 Å². The number of rotatable bonds is 3. The standard InChI is InChI=1S/C25H20N4O3/c30-24-21(26-23(32-24)19-9-5-7-17-6-1-2-8-18(17)19)16-28-12-14-29(15-13-28)25-27-20-10-3-4-11-22(20)31-25/h1-11,16H,12-15H2. The predicted octanol–water partition coefficient (Wildman–Crippen LogP) is 3.95. The van der Waals surface area contributed by atoms with E-state index in [1.54, 1.807) is 6.20 Å². The monoisotopic (exact) mass is 424 g/mol. The Labute approximate surface area is 184 Å². The summed E-state index contributed by atoms with van der Waals surface area (Å²) >= 11 is 0. The molecule has 0 atom stereocenters. The fraction of sp³-hybridized carbons (Fsp3) is 0.160. The van der Waals surface area contributed by atoms with Gasteiger partial charge in [0.25, 0.3) is 6.01 Å². The molecule has 7 heteroatoms. The number of para-hydroxylation sites is 2. The predicted molar refractivity (Wildman–Crippen MR) is 122 cm³/mol. The molecular weight excluding hydrogens is 404 g/mol. The average Bonchev–Trinajstić information content (AvgIpc) is 3.43. The summed E-state index contributed by atoms with van der Waals surface area (Å²) in [6.07, 6.45) is 1.80. The summed E-state index contributed by atoms with van der Waals surface area (Å²) in [6, 6.07) is 22.3. The van der Waals surface area contributed by atoms with Gasteiger partial charge >= 0.3 is 5.97 Å². The van der Waals surface area contributed by atoms with Crippen LogP contribution in [0.25, 0.3) is 21.9 Å². The maximum absolute atomic E-state index is 12.5. The van der Waals surface area contributed by atoms with Crippen molar-refractivity contribution >= 4 is 39.8 Å².